The molecular formula is C14H18N2O4. The van der Waals surface area contributed by atoms with Gasteiger partial charge in [0, 0.05) is 11.8 Å². The summed E-state index contributed by atoms with van der Waals surface area (Å²) in [7, 11) is 0. The van der Waals surface area contributed by atoms with Gasteiger partial charge >= 0.3 is 6.09 Å². The maximum absolute atomic E-state index is 11.7. The highest BCUT2D eigenvalue weighted by Crippen LogP contribution is 2.19. The van der Waals surface area contributed by atoms with Gasteiger partial charge in [-0.25, -0.2) is 4.79 Å². The van der Waals surface area contributed by atoms with Crippen molar-refractivity contribution >= 4 is 17.9 Å². The van der Waals surface area contributed by atoms with Crippen molar-refractivity contribution in [2.75, 3.05) is 5.32 Å². The van der Waals surface area contributed by atoms with Gasteiger partial charge in [0.2, 0.25) is 6.20 Å². The molecule has 0 aliphatic heterocycles. The van der Waals surface area contributed by atoms with Crippen LogP contribution >= 0.6 is 0 Å². The van der Waals surface area contributed by atoms with Crippen LogP contribution in [0, 0.1) is 17.0 Å². The van der Waals surface area contributed by atoms with Crippen LogP contribution in [0.4, 0.5) is 10.5 Å². The number of nitro groups is 1. The molecule has 0 heterocycles. The first-order valence-electron chi connectivity index (χ1n) is 6.10. The second kappa shape index (κ2) is 6.18. The van der Waals surface area contributed by atoms with E-state index < -0.39 is 16.6 Å². The first kappa shape index (κ1) is 15.7. The van der Waals surface area contributed by atoms with Crippen molar-refractivity contribution in [3.8, 4) is 0 Å². The van der Waals surface area contributed by atoms with Gasteiger partial charge in [-0.3, -0.25) is 15.4 Å². The van der Waals surface area contributed by atoms with Gasteiger partial charge in [0.05, 0.1) is 4.92 Å². The zero-order chi connectivity index (χ0) is 15.3. The highest BCUT2D eigenvalue weighted by Gasteiger charge is 2.16. The number of hydrogen-bond donors (Lipinski definition) is 1. The van der Waals surface area contributed by atoms with E-state index in [0.717, 1.165) is 11.8 Å². The summed E-state index contributed by atoms with van der Waals surface area (Å²) in [4.78, 5) is 21.4. The lowest BCUT2D eigenvalue weighted by Gasteiger charge is -2.20. The maximum atomic E-state index is 11.7. The molecule has 0 atom stereocenters. The molecule has 0 unspecified atom stereocenters. The Bertz CT molecular complexity index is 545. The number of nitrogens with zero attached hydrogens (tertiary/aromatic N) is 1. The molecular weight excluding hydrogens is 260 g/mol. The minimum Gasteiger partial charge on any atom is -0.444 e. The number of hydrogen-bond acceptors (Lipinski definition) is 4. The lowest BCUT2D eigenvalue weighted by atomic mass is 10.1. The van der Waals surface area contributed by atoms with Gasteiger partial charge in [0.1, 0.15) is 5.60 Å². The summed E-state index contributed by atoms with van der Waals surface area (Å²) in [6.45, 7) is 7.15. The van der Waals surface area contributed by atoms with Gasteiger partial charge in [-0.2, -0.15) is 0 Å². The monoisotopic (exact) mass is 278 g/mol. The van der Waals surface area contributed by atoms with Crippen LogP contribution in [0.15, 0.2) is 24.4 Å². The molecule has 0 bridgehead atoms. The molecule has 1 rings (SSSR count). The minimum absolute atomic E-state index is 0.541. The number of carbonyl (C=O) groups is 1. The van der Waals surface area contributed by atoms with Crippen LogP contribution in [-0.2, 0) is 4.74 Å². The zero-order valence-corrected chi connectivity index (χ0v) is 12.0. The van der Waals surface area contributed by atoms with E-state index in [1.165, 1.54) is 6.08 Å². The Morgan fingerprint density at radius 2 is 2.05 bits per heavy atom. The van der Waals surface area contributed by atoms with E-state index in [0.29, 0.717) is 11.3 Å². The molecule has 0 aliphatic carbocycles. The number of nitrogens with one attached hydrogen (secondary N) is 1. The molecule has 6 heteroatoms. The fraction of sp³-hybridized carbons (Fsp3) is 0.357. The van der Waals surface area contributed by atoms with Crippen LogP contribution in [0.25, 0.3) is 6.08 Å². The largest absolute Gasteiger partial charge is 0.444 e. The van der Waals surface area contributed by atoms with Crippen LogP contribution in [0.1, 0.15) is 31.9 Å². The topological polar surface area (TPSA) is 81.5 Å². The smallest absolute Gasteiger partial charge is 0.412 e. The van der Waals surface area contributed by atoms with Gasteiger partial charge in [0.15, 0.2) is 0 Å². The highest BCUT2D eigenvalue weighted by molar-refractivity contribution is 5.86. The number of anilines is 1. The van der Waals surface area contributed by atoms with Crippen LogP contribution in [0.3, 0.4) is 0 Å². The Hall–Kier alpha value is -2.37. The second-order valence-electron chi connectivity index (χ2n) is 5.30. The summed E-state index contributed by atoms with van der Waals surface area (Å²) >= 11 is 0. The fourth-order valence-electron chi connectivity index (χ4n) is 1.44. The van der Waals surface area contributed by atoms with Crippen molar-refractivity contribution in [1.29, 1.82) is 0 Å². The Labute approximate surface area is 117 Å². The standard InChI is InChI=1S/C14H18N2O4/c1-10-5-6-11(7-8-16(18)19)9-12(10)15-13(17)20-14(2,3)4/h5-9H,1-4H3,(H,15,17)/b8-7+. The normalized spacial score (nSPS) is 11.4. The highest BCUT2D eigenvalue weighted by atomic mass is 16.6. The summed E-state index contributed by atoms with van der Waals surface area (Å²) in [6, 6.07) is 5.15. The molecule has 1 aromatic rings. The van der Waals surface area contributed by atoms with Crippen molar-refractivity contribution in [1.82, 2.24) is 0 Å². The van der Waals surface area contributed by atoms with E-state index in [1.54, 1.807) is 39.0 Å². The summed E-state index contributed by atoms with van der Waals surface area (Å²) in [5, 5.41) is 12.9. The summed E-state index contributed by atoms with van der Waals surface area (Å²) in [5.74, 6) is 0. The molecule has 108 valence electrons. The Kier molecular flexibility index (Phi) is 4.85. The zero-order valence-electron chi connectivity index (χ0n) is 12.0. The van der Waals surface area contributed by atoms with Gasteiger partial charge in [0.25, 0.3) is 0 Å². The summed E-state index contributed by atoms with van der Waals surface area (Å²) < 4.78 is 5.16. The molecule has 0 radical (unpaired) electrons. The Morgan fingerprint density at radius 3 is 2.60 bits per heavy atom. The van der Waals surface area contributed by atoms with Crippen molar-refractivity contribution in [2.24, 2.45) is 0 Å². The van der Waals surface area contributed by atoms with Gasteiger partial charge in [-0.15, -0.1) is 0 Å². The molecule has 0 saturated heterocycles. The van der Waals surface area contributed by atoms with Crippen molar-refractivity contribution in [3.63, 3.8) is 0 Å². The third-order valence-electron chi connectivity index (χ3n) is 2.29. The second-order valence-corrected chi connectivity index (χ2v) is 5.30. The van der Waals surface area contributed by atoms with E-state index in [2.05, 4.69) is 5.32 Å². The number of carbonyl (C=O) groups excluding carboxylic acids is 1. The first-order chi connectivity index (χ1) is 9.17. The third kappa shape index (κ3) is 5.51. The quantitative estimate of drug-likeness (QED) is 0.676. The lowest BCUT2D eigenvalue weighted by Crippen LogP contribution is -2.27. The molecule has 0 aliphatic rings. The fourth-order valence-corrected chi connectivity index (χ4v) is 1.44. The van der Waals surface area contributed by atoms with Crippen molar-refractivity contribution in [2.45, 2.75) is 33.3 Å². The average Bonchev–Trinajstić information content (AvgIpc) is 2.27. The predicted octanol–water partition coefficient (Wildman–Crippen LogP) is 3.59. The SMILES string of the molecule is Cc1ccc(/C=C/[N+](=O)[O-])cc1NC(=O)OC(C)(C)C. The van der Waals surface area contributed by atoms with Crippen LogP contribution < -0.4 is 5.32 Å². The molecule has 1 aromatic carbocycles. The van der Waals surface area contributed by atoms with E-state index in [-0.39, 0.29) is 0 Å². The molecule has 20 heavy (non-hydrogen) atoms. The molecule has 1 N–H and O–H groups in total. The van der Waals surface area contributed by atoms with Gasteiger partial charge in [-0.1, -0.05) is 12.1 Å². The van der Waals surface area contributed by atoms with E-state index >= 15 is 0 Å². The number of aryl methyl sites for hydroxylation is 1. The number of rotatable bonds is 3. The van der Waals surface area contributed by atoms with E-state index in [4.69, 9.17) is 4.74 Å². The predicted molar refractivity (Wildman–Crippen MR) is 77.1 cm³/mol. The lowest BCUT2D eigenvalue weighted by molar-refractivity contribution is -0.400. The Morgan fingerprint density at radius 1 is 1.40 bits per heavy atom. The van der Waals surface area contributed by atoms with Crippen LogP contribution in [0.5, 0.6) is 0 Å². The molecule has 1 amide bonds. The van der Waals surface area contributed by atoms with E-state index in [9.17, 15) is 14.9 Å². The first-order valence-corrected chi connectivity index (χ1v) is 6.10. The summed E-state index contributed by atoms with van der Waals surface area (Å²) in [6.07, 6.45) is 1.65. The van der Waals surface area contributed by atoms with Crippen LogP contribution in [-0.4, -0.2) is 16.6 Å². The number of ether oxygens (including phenoxy) is 1. The van der Waals surface area contributed by atoms with Crippen molar-refractivity contribution < 1.29 is 14.5 Å². The number of benzene rings is 1. The number of amides is 1. The molecule has 0 aromatic heterocycles. The molecule has 0 spiro atoms. The summed E-state index contributed by atoms with van der Waals surface area (Å²) in [5.41, 5.74) is 1.44. The molecule has 0 fully saturated rings. The van der Waals surface area contributed by atoms with Crippen LogP contribution in [0.2, 0.25) is 0 Å². The molecule has 0 saturated carbocycles. The van der Waals surface area contributed by atoms with Gasteiger partial charge in [-0.05, 0) is 44.9 Å². The Balaban J connectivity index is 2.87. The maximum Gasteiger partial charge on any atom is 0.412 e. The van der Waals surface area contributed by atoms with E-state index in [1.807, 2.05) is 6.92 Å². The van der Waals surface area contributed by atoms with Gasteiger partial charge < -0.3 is 4.74 Å². The minimum atomic E-state index is -0.582. The third-order valence-corrected chi connectivity index (χ3v) is 2.29. The molecule has 6 nitrogen and oxygen atoms in total. The van der Waals surface area contributed by atoms with Crippen molar-refractivity contribution in [3.05, 3.63) is 45.6 Å². The average molecular weight is 278 g/mol.